The zero-order valence-corrected chi connectivity index (χ0v) is 7.95. The monoisotopic (exact) mass is 174 g/mol. The highest BCUT2D eigenvalue weighted by molar-refractivity contribution is 5.14. The first-order valence-corrected chi connectivity index (χ1v) is 4.94. The van der Waals surface area contributed by atoms with Crippen molar-refractivity contribution in [2.75, 3.05) is 13.1 Å². The van der Waals surface area contributed by atoms with Crippen molar-refractivity contribution < 1.29 is 0 Å². The lowest BCUT2D eigenvalue weighted by Gasteiger charge is -2.14. The lowest BCUT2D eigenvalue weighted by Crippen LogP contribution is -2.19. The largest absolute Gasteiger partial charge is 0.299 e. The summed E-state index contributed by atoms with van der Waals surface area (Å²) >= 11 is 0. The van der Waals surface area contributed by atoms with Crippen LogP contribution in [0.2, 0.25) is 0 Å². The number of hydrogen-bond donors (Lipinski definition) is 0. The van der Waals surface area contributed by atoms with Crippen LogP contribution < -0.4 is 0 Å². The average Bonchev–Trinajstić information content (AvgIpc) is 2.53. The van der Waals surface area contributed by atoms with E-state index in [1.165, 1.54) is 18.5 Å². The average molecular weight is 174 g/mol. The Balaban J connectivity index is 1.92. The molecule has 2 rings (SSSR count). The molecule has 1 heterocycles. The molecule has 1 radical (unpaired) electrons. The third-order valence-corrected chi connectivity index (χ3v) is 2.62. The topological polar surface area (TPSA) is 3.24 Å². The van der Waals surface area contributed by atoms with Gasteiger partial charge in [-0.25, -0.2) is 0 Å². The molecule has 1 saturated heterocycles. The summed E-state index contributed by atoms with van der Waals surface area (Å²) in [5, 5.41) is 0. The van der Waals surface area contributed by atoms with E-state index in [2.05, 4.69) is 42.2 Å². The standard InChI is InChI=1S/C12H16N/c1-11-7-8-13(9-11)10-12-5-3-2-4-6-12/h2-6,11H,1,7-10H2. The van der Waals surface area contributed by atoms with Crippen molar-refractivity contribution >= 4 is 0 Å². The first-order chi connectivity index (χ1) is 6.34. The van der Waals surface area contributed by atoms with Gasteiger partial charge in [-0.05, 0) is 31.4 Å². The molecule has 69 valence electrons. The maximum atomic E-state index is 4.09. The highest BCUT2D eigenvalue weighted by atomic mass is 15.1. The highest BCUT2D eigenvalue weighted by Gasteiger charge is 2.17. The summed E-state index contributed by atoms with van der Waals surface area (Å²) in [4.78, 5) is 2.48. The lowest BCUT2D eigenvalue weighted by molar-refractivity contribution is 0.324. The fraction of sp³-hybridized carbons (Fsp3) is 0.417. The molecule has 1 nitrogen and oxygen atoms in total. The molecule has 13 heavy (non-hydrogen) atoms. The van der Waals surface area contributed by atoms with E-state index in [0.717, 1.165) is 13.1 Å². The molecule has 0 aliphatic carbocycles. The van der Waals surface area contributed by atoms with Crippen LogP contribution in [0.15, 0.2) is 30.3 Å². The molecule has 0 N–H and O–H groups in total. The van der Waals surface area contributed by atoms with Crippen LogP contribution in [0.25, 0.3) is 0 Å². The van der Waals surface area contributed by atoms with E-state index >= 15 is 0 Å². The smallest absolute Gasteiger partial charge is 0.0233 e. The summed E-state index contributed by atoms with van der Waals surface area (Å²) in [6.45, 7) is 7.55. The Kier molecular flexibility index (Phi) is 2.65. The van der Waals surface area contributed by atoms with Gasteiger partial charge in [-0.15, -0.1) is 0 Å². The zero-order valence-electron chi connectivity index (χ0n) is 7.95. The third kappa shape index (κ3) is 2.31. The fourth-order valence-electron chi connectivity index (χ4n) is 1.90. The maximum Gasteiger partial charge on any atom is 0.0233 e. The molecular weight excluding hydrogens is 158 g/mol. The van der Waals surface area contributed by atoms with Crippen LogP contribution >= 0.6 is 0 Å². The van der Waals surface area contributed by atoms with E-state index < -0.39 is 0 Å². The predicted octanol–water partition coefficient (Wildman–Crippen LogP) is 2.34. The second-order valence-corrected chi connectivity index (χ2v) is 3.88. The Hall–Kier alpha value is -0.820. The van der Waals surface area contributed by atoms with E-state index in [4.69, 9.17) is 0 Å². The summed E-state index contributed by atoms with van der Waals surface area (Å²) in [6, 6.07) is 10.7. The molecule has 1 atom stereocenters. The van der Waals surface area contributed by atoms with Gasteiger partial charge in [-0.3, -0.25) is 4.90 Å². The van der Waals surface area contributed by atoms with E-state index in [-0.39, 0.29) is 0 Å². The van der Waals surface area contributed by atoms with Crippen molar-refractivity contribution in [3.05, 3.63) is 42.8 Å². The Morgan fingerprint density at radius 2 is 2.08 bits per heavy atom. The van der Waals surface area contributed by atoms with Crippen molar-refractivity contribution in [2.45, 2.75) is 13.0 Å². The van der Waals surface area contributed by atoms with Crippen LogP contribution in [0.3, 0.4) is 0 Å². The molecule has 1 aromatic rings. The van der Waals surface area contributed by atoms with Crippen LogP contribution in [-0.2, 0) is 6.54 Å². The van der Waals surface area contributed by atoms with Crippen molar-refractivity contribution in [3.63, 3.8) is 0 Å². The number of hydrogen-bond acceptors (Lipinski definition) is 1. The van der Waals surface area contributed by atoms with Gasteiger partial charge in [0.2, 0.25) is 0 Å². The van der Waals surface area contributed by atoms with Gasteiger partial charge in [-0.1, -0.05) is 30.3 Å². The Morgan fingerprint density at radius 1 is 1.31 bits per heavy atom. The SMILES string of the molecule is [CH2]C1CCN(Cc2ccccc2)C1. The zero-order chi connectivity index (χ0) is 9.10. The molecular formula is C12H16N. The van der Waals surface area contributed by atoms with Gasteiger partial charge in [0, 0.05) is 13.1 Å². The van der Waals surface area contributed by atoms with Crippen molar-refractivity contribution in [3.8, 4) is 0 Å². The number of benzene rings is 1. The molecule has 1 aromatic carbocycles. The van der Waals surface area contributed by atoms with Crippen molar-refractivity contribution in [1.29, 1.82) is 0 Å². The summed E-state index contributed by atoms with van der Waals surface area (Å²) in [6.07, 6.45) is 1.26. The van der Waals surface area contributed by atoms with E-state index in [1.807, 2.05) is 0 Å². The fourth-order valence-corrected chi connectivity index (χ4v) is 1.90. The second-order valence-electron chi connectivity index (χ2n) is 3.88. The lowest BCUT2D eigenvalue weighted by atomic mass is 10.2. The molecule has 0 spiro atoms. The third-order valence-electron chi connectivity index (χ3n) is 2.62. The molecule has 0 aromatic heterocycles. The summed E-state index contributed by atoms with van der Waals surface area (Å²) in [5.74, 6) is 0.642. The Labute approximate surface area is 80.4 Å². The number of nitrogens with zero attached hydrogens (tertiary/aromatic N) is 1. The molecule has 1 unspecified atom stereocenters. The first kappa shape index (κ1) is 8.76. The summed E-state index contributed by atoms with van der Waals surface area (Å²) in [5.41, 5.74) is 1.41. The maximum absolute atomic E-state index is 4.09. The summed E-state index contributed by atoms with van der Waals surface area (Å²) < 4.78 is 0. The van der Waals surface area contributed by atoms with Crippen LogP contribution in [0.1, 0.15) is 12.0 Å². The van der Waals surface area contributed by atoms with Gasteiger partial charge < -0.3 is 0 Å². The molecule has 1 fully saturated rings. The minimum atomic E-state index is 0.642. The molecule has 1 heteroatoms. The Bertz CT molecular complexity index is 255. The van der Waals surface area contributed by atoms with Gasteiger partial charge >= 0.3 is 0 Å². The van der Waals surface area contributed by atoms with Gasteiger partial charge in [0.1, 0.15) is 0 Å². The number of rotatable bonds is 2. The number of likely N-dealkylation sites (tertiary alicyclic amines) is 1. The van der Waals surface area contributed by atoms with E-state index in [0.29, 0.717) is 5.92 Å². The molecule has 1 aliphatic heterocycles. The molecule has 0 amide bonds. The highest BCUT2D eigenvalue weighted by Crippen LogP contribution is 2.16. The van der Waals surface area contributed by atoms with Crippen LogP contribution in [0.5, 0.6) is 0 Å². The van der Waals surface area contributed by atoms with Crippen molar-refractivity contribution in [1.82, 2.24) is 4.90 Å². The minimum Gasteiger partial charge on any atom is -0.299 e. The first-order valence-electron chi connectivity index (χ1n) is 4.94. The Morgan fingerprint density at radius 3 is 2.69 bits per heavy atom. The van der Waals surface area contributed by atoms with Crippen LogP contribution in [0, 0.1) is 12.8 Å². The van der Waals surface area contributed by atoms with Crippen molar-refractivity contribution in [2.24, 2.45) is 5.92 Å². The summed E-state index contributed by atoms with van der Waals surface area (Å²) in [7, 11) is 0. The van der Waals surface area contributed by atoms with E-state index in [9.17, 15) is 0 Å². The molecule has 0 bridgehead atoms. The molecule has 1 aliphatic rings. The van der Waals surface area contributed by atoms with Gasteiger partial charge in [-0.2, -0.15) is 0 Å². The van der Waals surface area contributed by atoms with Crippen LogP contribution in [0.4, 0.5) is 0 Å². The van der Waals surface area contributed by atoms with Crippen LogP contribution in [-0.4, -0.2) is 18.0 Å². The predicted molar refractivity (Wildman–Crippen MR) is 55.2 cm³/mol. The van der Waals surface area contributed by atoms with Gasteiger partial charge in [0.15, 0.2) is 0 Å². The van der Waals surface area contributed by atoms with Gasteiger partial charge in [0.05, 0.1) is 0 Å². The normalized spacial score (nSPS) is 23.6. The minimum absolute atomic E-state index is 0.642. The quantitative estimate of drug-likeness (QED) is 0.665. The van der Waals surface area contributed by atoms with E-state index in [1.54, 1.807) is 0 Å². The second kappa shape index (κ2) is 3.93. The van der Waals surface area contributed by atoms with Gasteiger partial charge in [0.25, 0.3) is 0 Å². The molecule has 0 saturated carbocycles.